The molecule has 2 nitrogen and oxygen atoms in total. The number of benzene rings is 1. The molecule has 0 aliphatic heterocycles. The van der Waals surface area contributed by atoms with Crippen molar-refractivity contribution in [1.82, 2.24) is 5.43 Å². The lowest BCUT2D eigenvalue weighted by Gasteiger charge is -2.32. The van der Waals surface area contributed by atoms with Crippen LogP contribution in [0.4, 0.5) is 0 Å². The van der Waals surface area contributed by atoms with Crippen molar-refractivity contribution in [2.75, 3.05) is 0 Å². The molecule has 0 heterocycles. The molecular formula is C18H30N2. The zero-order chi connectivity index (χ0) is 14.5. The Kier molecular flexibility index (Phi) is 5.62. The fraction of sp³-hybridized carbons (Fsp3) is 0.667. The normalized spacial score (nSPS) is 24.9. The van der Waals surface area contributed by atoms with Gasteiger partial charge in [0.1, 0.15) is 0 Å². The van der Waals surface area contributed by atoms with Gasteiger partial charge in [-0.05, 0) is 48.1 Å². The molecule has 1 aromatic carbocycles. The fourth-order valence-corrected chi connectivity index (χ4v) is 3.34. The van der Waals surface area contributed by atoms with Crippen molar-refractivity contribution in [2.45, 2.75) is 64.8 Å². The lowest BCUT2D eigenvalue weighted by Crippen LogP contribution is -2.43. The van der Waals surface area contributed by atoms with Gasteiger partial charge in [0.2, 0.25) is 0 Å². The predicted octanol–water partition coefficient (Wildman–Crippen LogP) is 4.01. The number of hydrogen-bond donors (Lipinski definition) is 2. The molecule has 3 N–H and O–H groups in total. The minimum Gasteiger partial charge on any atom is -0.271 e. The standard InChI is InChI=1S/C18H30N2/c1-13(2)16-10-6-15(7-11-16)12-18(20-19)17-8-4-14(3)5-9-17/h6-7,10-11,13-14,17-18,20H,4-5,8-9,12,19H2,1-3H3. The Morgan fingerprint density at radius 3 is 2.20 bits per heavy atom. The minimum atomic E-state index is 0.424. The Morgan fingerprint density at radius 2 is 1.70 bits per heavy atom. The van der Waals surface area contributed by atoms with E-state index in [1.54, 1.807) is 0 Å². The summed E-state index contributed by atoms with van der Waals surface area (Å²) in [7, 11) is 0. The average Bonchev–Trinajstić information content (AvgIpc) is 2.46. The Labute approximate surface area is 124 Å². The largest absolute Gasteiger partial charge is 0.271 e. The molecule has 0 spiro atoms. The molecule has 1 fully saturated rings. The summed E-state index contributed by atoms with van der Waals surface area (Å²) in [5, 5.41) is 0. The van der Waals surface area contributed by atoms with Crippen LogP contribution in [-0.2, 0) is 6.42 Å². The number of hydrogen-bond acceptors (Lipinski definition) is 2. The first kappa shape index (κ1) is 15.5. The van der Waals surface area contributed by atoms with Crippen molar-refractivity contribution >= 4 is 0 Å². The third-order valence-electron chi connectivity index (χ3n) is 4.95. The maximum absolute atomic E-state index is 5.81. The van der Waals surface area contributed by atoms with E-state index in [2.05, 4.69) is 50.5 Å². The van der Waals surface area contributed by atoms with E-state index in [1.807, 2.05) is 0 Å². The molecule has 1 aromatic rings. The zero-order valence-corrected chi connectivity index (χ0v) is 13.2. The van der Waals surface area contributed by atoms with Gasteiger partial charge >= 0.3 is 0 Å². The van der Waals surface area contributed by atoms with Crippen LogP contribution in [0.2, 0.25) is 0 Å². The SMILES string of the molecule is CC1CCC(C(Cc2ccc(C(C)C)cc2)NN)CC1. The van der Waals surface area contributed by atoms with Crippen LogP contribution in [0.3, 0.4) is 0 Å². The van der Waals surface area contributed by atoms with E-state index in [0.717, 1.165) is 18.3 Å². The molecule has 112 valence electrons. The monoisotopic (exact) mass is 274 g/mol. The molecule has 0 saturated heterocycles. The molecule has 1 aliphatic carbocycles. The van der Waals surface area contributed by atoms with Gasteiger partial charge in [0.05, 0.1) is 0 Å². The van der Waals surface area contributed by atoms with Gasteiger partial charge in [-0.3, -0.25) is 11.3 Å². The topological polar surface area (TPSA) is 38.0 Å². The van der Waals surface area contributed by atoms with E-state index in [4.69, 9.17) is 5.84 Å². The van der Waals surface area contributed by atoms with Gasteiger partial charge in [-0.25, -0.2) is 0 Å². The Balaban J connectivity index is 1.95. The highest BCUT2D eigenvalue weighted by molar-refractivity contribution is 5.25. The summed E-state index contributed by atoms with van der Waals surface area (Å²) in [4.78, 5) is 0. The van der Waals surface area contributed by atoms with Crippen molar-refractivity contribution in [3.63, 3.8) is 0 Å². The summed E-state index contributed by atoms with van der Waals surface area (Å²) in [5.41, 5.74) is 5.89. The van der Waals surface area contributed by atoms with Crippen LogP contribution in [0.25, 0.3) is 0 Å². The van der Waals surface area contributed by atoms with E-state index in [0.29, 0.717) is 12.0 Å². The molecule has 0 radical (unpaired) electrons. The molecule has 2 heteroatoms. The van der Waals surface area contributed by atoms with Gasteiger partial charge < -0.3 is 0 Å². The van der Waals surface area contributed by atoms with Crippen LogP contribution < -0.4 is 11.3 Å². The highest BCUT2D eigenvalue weighted by Crippen LogP contribution is 2.31. The van der Waals surface area contributed by atoms with Crippen molar-refractivity contribution in [3.8, 4) is 0 Å². The second-order valence-electron chi connectivity index (χ2n) is 6.89. The fourth-order valence-electron chi connectivity index (χ4n) is 3.34. The third-order valence-corrected chi connectivity index (χ3v) is 4.95. The van der Waals surface area contributed by atoms with E-state index >= 15 is 0 Å². The lowest BCUT2D eigenvalue weighted by atomic mass is 9.78. The molecule has 0 amide bonds. The quantitative estimate of drug-likeness (QED) is 0.629. The molecule has 1 aliphatic rings. The van der Waals surface area contributed by atoms with Crippen LogP contribution >= 0.6 is 0 Å². The first-order chi connectivity index (χ1) is 9.60. The lowest BCUT2D eigenvalue weighted by molar-refractivity contribution is 0.229. The van der Waals surface area contributed by atoms with Crippen molar-refractivity contribution < 1.29 is 0 Å². The zero-order valence-electron chi connectivity index (χ0n) is 13.2. The Hall–Kier alpha value is -0.860. The maximum Gasteiger partial charge on any atom is 0.0279 e. The summed E-state index contributed by atoms with van der Waals surface area (Å²) in [6, 6.07) is 9.48. The molecular weight excluding hydrogens is 244 g/mol. The maximum atomic E-state index is 5.81. The first-order valence-electron chi connectivity index (χ1n) is 8.15. The number of nitrogens with two attached hydrogens (primary N) is 1. The first-order valence-corrected chi connectivity index (χ1v) is 8.15. The van der Waals surface area contributed by atoms with E-state index < -0.39 is 0 Å². The second-order valence-corrected chi connectivity index (χ2v) is 6.89. The molecule has 0 aromatic heterocycles. The van der Waals surface area contributed by atoms with Crippen LogP contribution in [0.1, 0.15) is 63.5 Å². The Morgan fingerprint density at radius 1 is 1.10 bits per heavy atom. The minimum absolute atomic E-state index is 0.424. The number of hydrazine groups is 1. The number of rotatable bonds is 5. The highest BCUT2D eigenvalue weighted by Gasteiger charge is 2.25. The second kappa shape index (κ2) is 7.24. The van der Waals surface area contributed by atoms with Crippen LogP contribution in [0, 0.1) is 11.8 Å². The van der Waals surface area contributed by atoms with Gasteiger partial charge in [0, 0.05) is 6.04 Å². The molecule has 1 atom stereocenters. The van der Waals surface area contributed by atoms with Crippen molar-refractivity contribution in [2.24, 2.45) is 17.7 Å². The van der Waals surface area contributed by atoms with Crippen molar-refractivity contribution in [1.29, 1.82) is 0 Å². The van der Waals surface area contributed by atoms with Gasteiger partial charge in [0.15, 0.2) is 0 Å². The van der Waals surface area contributed by atoms with E-state index in [1.165, 1.54) is 36.8 Å². The molecule has 2 rings (SSSR count). The molecule has 0 bridgehead atoms. The van der Waals surface area contributed by atoms with Gasteiger partial charge in [0.25, 0.3) is 0 Å². The van der Waals surface area contributed by atoms with Crippen LogP contribution in [-0.4, -0.2) is 6.04 Å². The average molecular weight is 274 g/mol. The molecule has 1 unspecified atom stereocenters. The van der Waals surface area contributed by atoms with Crippen molar-refractivity contribution in [3.05, 3.63) is 35.4 Å². The van der Waals surface area contributed by atoms with Crippen LogP contribution in [0.5, 0.6) is 0 Å². The Bertz CT molecular complexity index is 388. The summed E-state index contributed by atoms with van der Waals surface area (Å²) >= 11 is 0. The molecule has 20 heavy (non-hydrogen) atoms. The van der Waals surface area contributed by atoms with E-state index in [-0.39, 0.29) is 0 Å². The highest BCUT2D eigenvalue weighted by atomic mass is 15.2. The van der Waals surface area contributed by atoms with Gasteiger partial charge in [-0.2, -0.15) is 0 Å². The van der Waals surface area contributed by atoms with E-state index in [9.17, 15) is 0 Å². The summed E-state index contributed by atoms with van der Waals surface area (Å²) in [6.07, 6.45) is 6.40. The summed E-state index contributed by atoms with van der Waals surface area (Å²) in [5.74, 6) is 8.05. The smallest absolute Gasteiger partial charge is 0.0279 e. The van der Waals surface area contributed by atoms with Crippen LogP contribution in [0.15, 0.2) is 24.3 Å². The van der Waals surface area contributed by atoms with Gasteiger partial charge in [-0.1, -0.05) is 57.9 Å². The summed E-state index contributed by atoms with van der Waals surface area (Å²) < 4.78 is 0. The van der Waals surface area contributed by atoms with Gasteiger partial charge in [-0.15, -0.1) is 0 Å². The predicted molar refractivity (Wildman–Crippen MR) is 86.5 cm³/mol. The number of nitrogens with one attached hydrogen (secondary N) is 1. The third kappa shape index (κ3) is 4.07. The molecule has 1 saturated carbocycles. The summed E-state index contributed by atoms with van der Waals surface area (Å²) in [6.45, 7) is 6.84.